The van der Waals surface area contributed by atoms with Crippen LogP contribution in [0.4, 0.5) is 13.2 Å². The van der Waals surface area contributed by atoms with E-state index in [4.69, 9.17) is 4.42 Å². The number of rotatable bonds is 3. The van der Waals surface area contributed by atoms with E-state index >= 15 is 0 Å². The highest BCUT2D eigenvalue weighted by Gasteiger charge is 2.26. The van der Waals surface area contributed by atoms with Crippen molar-refractivity contribution in [3.8, 4) is 0 Å². The van der Waals surface area contributed by atoms with Gasteiger partial charge in [-0.2, -0.15) is 13.2 Å². The molecule has 0 aromatic carbocycles. The van der Waals surface area contributed by atoms with Crippen LogP contribution in [-0.4, -0.2) is 11.9 Å². The van der Waals surface area contributed by atoms with Crippen LogP contribution in [-0.2, 0) is 5.75 Å². The molecule has 1 aromatic heterocycles. The van der Waals surface area contributed by atoms with Crippen molar-refractivity contribution in [3.63, 3.8) is 0 Å². The highest BCUT2D eigenvalue weighted by atomic mass is 32.2. The van der Waals surface area contributed by atoms with Crippen LogP contribution in [0.5, 0.6) is 0 Å². The molecule has 0 aliphatic heterocycles. The van der Waals surface area contributed by atoms with Crippen molar-refractivity contribution in [2.24, 2.45) is 0 Å². The minimum atomic E-state index is -4.09. The van der Waals surface area contributed by atoms with Crippen LogP contribution in [0.1, 0.15) is 5.76 Å². The van der Waals surface area contributed by atoms with Crippen LogP contribution in [0.3, 0.4) is 0 Å². The Hall–Kier alpha value is -0.580. The van der Waals surface area contributed by atoms with Gasteiger partial charge in [0.25, 0.3) is 0 Å². The highest BCUT2D eigenvalue weighted by molar-refractivity contribution is 7.98. The average molecular weight is 196 g/mol. The number of halogens is 3. The molecule has 1 aromatic rings. The van der Waals surface area contributed by atoms with Gasteiger partial charge in [-0.25, -0.2) is 0 Å². The van der Waals surface area contributed by atoms with Crippen molar-refractivity contribution in [1.29, 1.82) is 0 Å². The maximum Gasteiger partial charge on any atom is 0.397 e. The lowest BCUT2D eigenvalue weighted by Gasteiger charge is -2.03. The van der Waals surface area contributed by atoms with Gasteiger partial charge in [0.15, 0.2) is 0 Å². The lowest BCUT2D eigenvalue weighted by molar-refractivity contribution is -0.105. The highest BCUT2D eigenvalue weighted by Crippen LogP contribution is 2.23. The van der Waals surface area contributed by atoms with Gasteiger partial charge < -0.3 is 4.42 Å². The Balaban J connectivity index is 2.20. The van der Waals surface area contributed by atoms with Gasteiger partial charge in [0.05, 0.1) is 17.8 Å². The Bertz CT molecular complexity index is 217. The van der Waals surface area contributed by atoms with Gasteiger partial charge in [-0.05, 0) is 12.1 Å². The topological polar surface area (TPSA) is 13.1 Å². The van der Waals surface area contributed by atoms with E-state index in [1.807, 2.05) is 0 Å². The Morgan fingerprint density at radius 1 is 1.42 bits per heavy atom. The van der Waals surface area contributed by atoms with Crippen LogP contribution in [0.2, 0.25) is 0 Å². The second-order valence-electron chi connectivity index (χ2n) is 2.19. The van der Waals surface area contributed by atoms with Crippen molar-refractivity contribution in [2.75, 3.05) is 5.75 Å². The molecule has 0 aliphatic rings. The van der Waals surface area contributed by atoms with E-state index in [9.17, 15) is 13.2 Å². The van der Waals surface area contributed by atoms with Crippen molar-refractivity contribution in [2.45, 2.75) is 11.9 Å². The zero-order chi connectivity index (χ0) is 9.03. The first kappa shape index (κ1) is 9.51. The molecular weight excluding hydrogens is 189 g/mol. The molecule has 0 amide bonds. The van der Waals surface area contributed by atoms with Gasteiger partial charge in [0.1, 0.15) is 5.76 Å². The molecule has 0 fully saturated rings. The third-order valence-electron chi connectivity index (χ3n) is 1.09. The van der Waals surface area contributed by atoms with E-state index in [2.05, 4.69) is 0 Å². The Kier molecular flexibility index (Phi) is 3.08. The first-order chi connectivity index (χ1) is 5.58. The van der Waals surface area contributed by atoms with Crippen LogP contribution in [0.25, 0.3) is 0 Å². The van der Waals surface area contributed by atoms with E-state index in [1.165, 1.54) is 6.26 Å². The fourth-order valence-corrected chi connectivity index (χ4v) is 1.36. The summed E-state index contributed by atoms with van der Waals surface area (Å²) in [6.07, 6.45) is -2.64. The molecule has 68 valence electrons. The third-order valence-corrected chi connectivity index (χ3v) is 2.11. The van der Waals surface area contributed by atoms with E-state index in [-0.39, 0.29) is 5.75 Å². The Morgan fingerprint density at radius 3 is 2.67 bits per heavy atom. The summed E-state index contributed by atoms with van der Waals surface area (Å²) >= 11 is 0.799. The van der Waals surface area contributed by atoms with Crippen molar-refractivity contribution < 1.29 is 17.6 Å². The monoisotopic (exact) mass is 196 g/mol. The molecule has 1 heterocycles. The molecule has 1 nitrogen and oxygen atoms in total. The smallest absolute Gasteiger partial charge is 0.397 e. The average Bonchev–Trinajstić information content (AvgIpc) is 2.36. The molecule has 12 heavy (non-hydrogen) atoms. The molecule has 0 spiro atoms. The van der Waals surface area contributed by atoms with Crippen LogP contribution in [0.15, 0.2) is 22.8 Å². The van der Waals surface area contributed by atoms with E-state index in [0.29, 0.717) is 5.76 Å². The lowest BCUT2D eigenvalue weighted by atomic mass is 10.5. The largest absolute Gasteiger partial charge is 0.468 e. The number of hydrogen-bond acceptors (Lipinski definition) is 2. The molecule has 0 bridgehead atoms. The van der Waals surface area contributed by atoms with Gasteiger partial charge in [-0.1, -0.05) is 0 Å². The molecule has 0 radical (unpaired) electrons. The maximum atomic E-state index is 11.6. The number of alkyl halides is 3. The van der Waals surface area contributed by atoms with E-state index in [0.717, 1.165) is 11.8 Å². The van der Waals surface area contributed by atoms with Crippen LogP contribution >= 0.6 is 11.8 Å². The third kappa shape index (κ3) is 3.71. The van der Waals surface area contributed by atoms with Gasteiger partial charge in [0, 0.05) is 0 Å². The Labute approximate surface area is 71.9 Å². The molecule has 0 saturated carbocycles. The number of furan rings is 1. The second kappa shape index (κ2) is 3.89. The summed E-state index contributed by atoms with van der Waals surface area (Å²) in [7, 11) is 0. The first-order valence-electron chi connectivity index (χ1n) is 3.25. The van der Waals surface area contributed by atoms with Gasteiger partial charge in [-0.3, -0.25) is 0 Å². The SMILES string of the molecule is FC(F)(F)CSCc1ccco1. The summed E-state index contributed by atoms with van der Waals surface area (Å²) < 4.78 is 39.8. The Morgan fingerprint density at radius 2 is 2.17 bits per heavy atom. The second-order valence-corrected chi connectivity index (χ2v) is 3.17. The molecule has 0 aliphatic carbocycles. The quantitative estimate of drug-likeness (QED) is 0.737. The standard InChI is InChI=1S/C7H7F3OS/c8-7(9,10)5-12-4-6-2-1-3-11-6/h1-3H,4-5H2. The molecule has 1 rings (SSSR count). The number of thioether (sulfide) groups is 1. The van der Waals surface area contributed by atoms with E-state index < -0.39 is 11.9 Å². The summed E-state index contributed by atoms with van der Waals surface area (Å²) in [6, 6.07) is 3.31. The van der Waals surface area contributed by atoms with Crippen molar-refractivity contribution >= 4 is 11.8 Å². The summed E-state index contributed by atoms with van der Waals surface area (Å²) in [5.74, 6) is 0.0180. The van der Waals surface area contributed by atoms with Gasteiger partial charge >= 0.3 is 6.18 Å². The van der Waals surface area contributed by atoms with Crippen molar-refractivity contribution in [1.82, 2.24) is 0 Å². The van der Waals surface area contributed by atoms with Crippen LogP contribution in [0, 0.1) is 0 Å². The lowest BCUT2D eigenvalue weighted by Crippen LogP contribution is -2.10. The molecule has 0 N–H and O–H groups in total. The van der Waals surface area contributed by atoms with Gasteiger partial charge in [0.2, 0.25) is 0 Å². The summed E-state index contributed by atoms with van der Waals surface area (Å²) in [5, 5.41) is 0. The minimum Gasteiger partial charge on any atom is -0.468 e. The molecule has 0 saturated heterocycles. The van der Waals surface area contributed by atoms with Gasteiger partial charge in [-0.15, -0.1) is 11.8 Å². The zero-order valence-corrected chi connectivity index (χ0v) is 6.91. The predicted molar refractivity (Wildman–Crippen MR) is 40.9 cm³/mol. The maximum absolute atomic E-state index is 11.6. The predicted octanol–water partition coefficient (Wildman–Crippen LogP) is 3.08. The molecule has 0 atom stereocenters. The van der Waals surface area contributed by atoms with Crippen LogP contribution < -0.4 is 0 Å². The summed E-state index contributed by atoms with van der Waals surface area (Å²) in [6.45, 7) is 0. The number of hydrogen-bond donors (Lipinski definition) is 0. The fourth-order valence-electron chi connectivity index (χ4n) is 0.662. The minimum absolute atomic E-state index is 0.270. The molecule has 5 heteroatoms. The normalized spacial score (nSPS) is 11.9. The van der Waals surface area contributed by atoms with E-state index in [1.54, 1.807) is 12.1 Å². The molecule has 0 unspecified atom stereocenters. The summed E-state index contributed by atoms with van der Waals surface area (Å²) in [4.78, 5) is 0. The van der Waals surface area contributed by atoms with Crippen molar-refractivity contribution in [3.05, 3.63) is 24.2 Å². The molecular formula is C7H7F3OS. The summed E-state index contributed by atoms with van der Waals surface area (Å²) in [5.41, 5.74) is 0. The fraction of sp³-hybridized carbons (Fsp3) is 0.429. The zero-order valence-electron chi connectivity index (χ0n) is 6.10. The first-order valence-corrected chi connectivity index (χ1v) is 4.40.